The van der Waals surface area contributed by atoms with Gasteiger partial charge in [-0.2, -0.15) is 16.9 Å². The lowest BCUT2D eigenvalue weighted by molar-refractivity contribution is 0.0953. The molecule has 1 fully saturated rings. The molecule has 2 N–H and O–H groups in total. The van der Waals surface area contributed by atoms with Gasteiger partial charge in [0, 0.05) is 17.5 Å². The second kappa shape index (κ2) is 4.70. The Bertz CT molecular complexity index is 344. The van der Waals surface area contributed by atoms with Gasteiger partial charge in [-0.25, -0.2) is 0 Å². The number of nitrogens with one attached hydrogen (secondary N) is 2. The predicted molar refractivity (Wildman–Crippen MR) is 61.1 cm³/mol. The minimum Gasteiger partial charge on any atom is -0.351 e. The summed E-state index contributed by atoms with van der Waals surface area (Å²) in [5, 5.41) is 10.1. The molecule has 1 saturated heterocycles. The normalized spacial score (nSPS) is 20.5. The van der Waals surface area contributed by atoms with Gasteiger partial charge >= 0.3 is 0 Å². The highest BCUT2D eigenvalue weighted by atomic mass is 32.2. The summed E-state index contributed by atoms with van der Waals surface area (Å²) in [6.45, 7) is 2.63. The van der Waals surface area contributed by atoms with Crippen LogP contribution in [0.15, 0.2) is 6.20 Å². The maximum absolute atomic E-state index is 11.7. The highest BCUT2D eigenvalue weighted by Gasteiger charge is 2.17. The number of nitrogens with zero attached hydrogens (tertiary/aromatic N) is 1. The second-order valence-electron chi connectivity index (χ2n) is 3.75. The first kappa shape index (κ1) is 10.5. The molecule has 1 unspecified atom stereocenters. The Hall–Kier alpha value is -0.970. The molecule has 0 radical (unpaired) electrons. The number of carbonyl (C=O) groups excluding carboxylic acids is 1. The molecule has 0 aliphatic carbocycles. The van der Waals surface area contributed by atoms with E-state index >= 15 is 0 Å². The van der Waals surface area contributed by atoms with Gasteiger partial charge in [0.25, 0.3) is 5.91 Å². The Morgan fingerprint density at radius 1 is 1.80 bits per heavy atom. The lowest BCUT2D eigenvalue weighted by Crippen LogP contribution is -2.29. The average Bonchev–Trinajstić information content (AvgIpc) is 2.84. The average molecular weight is 225 g/mol. The Labute approximate surface area is 93.2 Å². The van der Waals surface area contributed by atoms with E-state index in [9.17, 15) is 4.79 Å². The van der Waals surface area contributed by atoms with Crippen molar-refractivity contribution < 1.29 is 4.79 Å². The number of aromatic amines is 1. The zero-order valence-electron chi connectivity index (χ0n) is 8.75. The van der Waals surface area contributed by atoms with E-state index in [0.717, 1.165) is 12.2 Å². The van der Waals surface area contributed by atoms with Crippen molar-refractivity contribution in [2.24, 2.45) is 0 Å². The Balaban J connectivity index is 1.84. The van der Waals surface area contributed by atoms with Crippen LogP contribution in [0.4, 0.5) is 0 Å². The third kappa shape index (κ3) is 2.53. The number of aryl methyl sites for hydroxylation is 1. The van der Waals surface area contributed by atoms with E-state index < -0.39 is 0 Å². The van der Waals surface area contributed by atoms with Gasteiger partial charge in [0.1, 0.15) is 0 Å². The predicted octanol–water partition coefficient (Wildman–Crippen LogP) is 1.34. The topological polar surface area (TPSA) is 57.8 Å². The van der Waals surface area contributed by atoms with Crippen molar-refractivity contribution in [3.63, 3.8) is 0 Å². The Morgan fingerprint density at radius 2 is 2.67 bits per heavy atom. The van der Waals surface area contributed by atoms with E-state index in [4.69, 9.17) is 0 Å². The molecule has 0 aromatic carbocycles. The molecule has 1 amide bonds. The Kier molecular flexibility index (Phi) is 3.30. The number of rotatable bonds is 3. The molecular weight excluding hydrogens is 210 g/mol. The zero-order chi connectivity index (χ0) is 10.7. The fraction of sp³-hybridized carbons (Fsp3) is 0.600. The largest absolute Gasteiger partial charge is 0.351 e. The molecule has 1 aliphatic rings. The molecule has 0 bridgehead atoms. The molecule has 0 spiro atoms. The summed E-state index contributed by atoms with van der Waals surface area (Å²) in [5.41, 5.74) is 1.48. The molecule has 1 aromatic rings. The minimum absolute atomic E-state index is 0.0197. The monoisotopic (exact) mass is 225 g/mol. The van der Waals surface area contributed by atoms with Gasteiger partial charge in [-0.15, -0.1) is 0 Å². The van der Waals surface area contributed by atoms with Gasteiger partial charge in [0.2, 0.25) is 0 Å². The van der Waals surface area contributed by atoms with Crippen LogP contribution in [-0.2, 0) is 0 Å². The van der Waals surface area contributed by atoms with Crippen LogP contribution in [-0.4, -0.2) is 33.7 Å². The summed E-state index contributed by atoms with van der Waals surface area (Å²) >= 11 is 1.95. The maximum Gasteiger partial charge on any atom is 0.254 e. The summed E-state index contributed by atoms with van der Waals surface area (Å²) in [5.74, 6) is 1.21. The molecule has 1 aromatic heterocycles. The molecule has 1 atom stereocenters. The standard InChI is InChI=1S/C10H15N3OS/c1-7-9(6-12-13-7)10(14)11-5-8-3-2-4-15-8/h6,8H,2-5H2,1H3,(H,11,14)(H,12,13). The number of thioether (sulfide) groups is 1. The second-order valence-corrected chi connectivity index (χ2v) is 5.16. The van der Waals surface area contributed by atoms with Gasteiger partial charge in [-0.1, -0.05) is 0 Å². The van der Waals surface area contributed by atoms with E-state index in [-0.39, 0.29) is 5.91 Å². The van der Waals surface area contributed by atoms with E-state index in [1.165, 1.54) is 18.6 Å². The van der Waals surface area contributed by atoms with Crippen LogP contribution in [0.2, 0.25) is 0 Å². The minimum atomic E-state index is -0.0197. The number of aromatic nitrogens is 2. The van der Waals surface area contributed by atoms with Crippen molar-refractivity contribution in [3.05, 3.63) is 17.5 Å². The van der Waals surface area contributed by atoms with Crippen molar-refractivity contribution in [1.82, 2.24) is 15.5 Å². The third-order valence-corrected chi connectivity index (χ3v) is 3.99. The first-order valence-corrected chi connectivity index (χ1v) is 6.22. The molecule has 2 rings (SSSR count). The summed E-state index contributed by atoms with van der Waals surface area (Å²) < 4.78 is 0. The number of hydrogen-bond acceptors (Lipinski definition) is 3. The highest BCUT2D eigenvalue weighted by Crippen LogP contribution is 2.25. The van der Waals surface area contributed by atoms with Gasteiger partial charge < -0.3 is 5.32 Å². The molecule has 15 heavy (non-hydrogen) atoms. The van der Waals surface area contributed by atoms with E-state index in [1.807, 2.05) is 18.7 Å². The van der Waals surface area contributed by atoms with Gasteiger partial charge in [-0.3, -0.25) is 9.89 Å². The summed E-state index contributed by atoms with van der Waals surface area (Å²) in [6.07, 6.45) is 4.07. The quantitative estimate of drug-likeness (QED) is 0.816. The van der Waals surface area contributed by atoms with Crippen molar-refractivity contribution in [1.29, 1.82) is 0 Å². The lowest BCUT2D eigenvalue weighted by atomic mass is 10.2. The van der Waals surface area contributed by atoms with Crippen molar-refractivity contribution in [2.45, 2.75) is 25.0 Å². The fourth-order valence-electron chi connectivity index (χ4n) is 1.69. The van der Waals surface area contributed by atoms with Crippen LogP contribution in [0.3, 0.4) is 0 Å². The molecule has 5 heteroatoms. The van der Waals surface area contributed by atoms with E-state index in [2.05, 4.69) is 15.5 Å². The molecule has 4 nitrogen and oxygen atoms in total. The van der Waals surface area contributed by atoms with Crippen LogP contribution in [0.1, 0.15) is 28.9 Å². The van der Waals surface area contributed by atoms with Crippen LogP contribution < -0.4 is 5.32 Å². The van der Waals surface area contributed by atoms with Crippen molar-refractivity contribution in [3.8, 4) is 0 Å². The third-order valence-electron chi connectivity index (χ3n) is 2.59. The summed E-state index contributed by atoms with van der Waals surface area (Å²) in [6, 6.07) is 0. The molecular formula is C10H15N3OS. The maximum atomic E-state index is 11.7. The molecule has 1 aliphatic heterocycles. The summed E-state index contributed by atoms with van der Waals surface area (Å²) in [7, 11) is 0. The molecule has 0 saturated carbocycles. The van der Waals surface area contributed by atoms with E-state index in [0.29, 0.717) is 10.8 Å². The summed E-state index contributed by atoms with van der Waals surface area (Å²) in [4.78, 5) is 11.7. The van der Waals surface area contributed by atoms with E-state index in [1.54, 1.807) is 6.20 Å². The number of carbonyl (C=O) groups is 1. The Morgan fingerprint density at radius 3 is 3.27 bits per heavy atom. The van der Waals surface area contributed by atoms with Crippen LogP contribution in [0, 0.1) is 6.92 Å². The fourth-order valence-corrected chi connectivity index (χ4v) is 2.89. The number of hydrogen-bond donors (Lipinski definition) is 2. The van der Waals surface area contributed by atoms with Crippen molar-refractivity contribution >= 4 is 17.7 Å². The SMILES string of the molecule is Cc1[nH]ncc1C(=O)NCC1CCCS1. The van der Waals surface area contributed by atoms with Crippen molar-refractivity contribution in [2.75, 3.05) is 12.3 Å². The van der Waals surface area contributed by atoms with Crippen LogP contribution >= 0.6 is 11.8 Å². The smallest absolute Gasteiger partial charge is 0.254 e. The zero-order valence-corrected chi connectivity index (χ0v) is 9.56. The van der Waals surface area contributed by atoms with Gasteiger partial charge in [0.05, 0.1) is 11.8 Å². The molecule has 2 heterocycles. The number of H-pyrrole nitrogens is 1. The first-order chi connectivity index (χ1) is 7.27. The first-order valence-electron chi connectivity index (χ1n) is 5.17. The highest BCUT2D eigenvalue weighted by molar-refractivity contribution is 8.00. The molecule has 82 valence electrons. The van der Waals surface area contributed by atoms with Gasteiger partial charge in [-0.05, 0) is 25.5 Å². The number of amides is 1. The van der Waals surface area contributed by atoms with Gasteiger partial charge in [0.15, 0.2) is 0 Å². The van der Waals surface area contributed by atoms with Crippen LogP contribution in [0.25, 0.3) is 0 Å². The lowest BCUT2D eigenvalue weighted by Gasteiger charge is -2.09. The van der Waals surface area contributed by atoms with Crippen LogP contribution in [0.5, 0.6) is 0 Å².